The summed E-state index contributed by atoms with van der Waals surface area (Å²) in [4.78, 5) is 2.26. The molecule has 0 spiro atoms. The van der Waals surface area contributed by atoms with Gasteiger partial charge in [-0.3, -0.25) is 4.90 Å². The number of nitrogens with two attached hydrogens (primary N) is 1. The molecule has 3 fully saturated rings. The van der Waals surface area contributed by atoms with Crippen molar-refractivity contribution >= 4 is 0 Å². The smallest absolute Gasteiger partial charge is 0.109 e. The summed E-state index contributed by atoms with van der Waals surface area (Å²) in [7, 11) is 0. The number of aliphatic hydroxyl groups is 2. The lowest BCUT2D eigenvalue weighted by Crippen LogP contribution is -2.67. The van der Waals surface area contributed by atoms with Crippen molar-refractivity contribution in [1.29, 1.82) is 0 Å². The van der Waals surface area contributed by atoms with Crippen LogP contribution in [0.1, 0.15) is 52.4 Å². The Labute approximate surface area is 133 Å². The SMILES string of the molecule is CC(O)[C@@H]1CCCCN1CC(O)[C@@]12CC[C@@H]1C[C@H](C)[C@H](N)O2. The number of β-amino-alcohol motifs (C(OH)–C–C–N with tert-alkyl or cyclic N) is 1. The van der Waals surface area contributed by atoms with Crippen LogP contribution in [0.2, 0.25) is 0 Å². The molecule has 1 aliphatic carbocycles. The Kier molecular flexibility index (Phi) is 4.82. The van der Waals surface area contributed by atoms with E-state index in [2.05, 4.69) is 11.8 Å². The molecule has 2 heterocycles. The number of nitrogens with zero attached hydrogens (tertiary/aromatic N) is 1. The average molecular weight is 312 g/mol. The Balaban J connectivity index is 1.67. The van der Waals surface area contributed by atoms with Crippen LogP contribution >= 0.6 is 0 Å². The minimum atomic E-state index is -0.510. The van der Waals surface area contributed by atoms with E-state index >= 15 is 0 Å². The van der Waals surface area contributed by atoms with E-state index in [0.29, 0.717) is 18.4 Å². The minimum absolute atomic E-state index is 0.162. The first kappa shape index (κ1) is 16.7. The van der Waals surface area contributed by atoms with Gasteiger partial charge in [0.05, 0.1) is 12.2 Å². The Hall–Kier alpha value is -0.200. The summed E-state index contributed by atoms with van der Waals surface area (Å²) in [6, 6.07) is 0.162. The van der Waals surface area contributed by atoms with Crippen LogP contribution in [0.3, 0.4) is 0 Å². The van der Waals surface area contributed by atoms with E-state index in [4.69, 9.17) is 10.5 Å². The third kappa shape index (κ3) is 2.82. The highest BCUT2D eigenvalue weighted by atomic mass is 16.5. The van der Waals surface area contributed by atoms with E-state index in [9.17, 15) is 10.2 Å². The zero-order valence-corrected chi connectivity index (χ0v) is 13.9. The van der Waals surface area contributed by atoms with Crippen molar-refractivity contribution in [3.05, 3.63) is 0 Å². The molecule has 0 radical (unpaired) electrons. The third-order valence-corrected chi connectivity index (χ3v) is 6.34. The Bertz CT molecular complexity index is 392. The second kappa shape index (κ2) is 6.36. The second-order valence-corrected chi connectivity index (χ2v) is 7.80. The zero-order chi connectivity index (χ0) is 15.9. The first-order valence-electron chi connectivity index (χ1n) is 8.97. The summed E-state index contributed by atoms with van der Waals surface area (Å²) < 4.78 is 6.12. The fourth-order valence-corrected chi connectivity index (χ4v) is 4.74. The normalized spacial score (nSPS) is 45.7. The average Bonchev–Trinajstić information content (AvgIpc) is 2.47. The van der Waals surface area contributed by atoms with Crippen LogP contribution in [0.5, 0.6) is 0 Å². The van der Waals surface area contributed by atoms with Crippen LogP contribution in [0.4, 0.5) is 0 Å². The van der Waals surface area contributed by atoms with Gasteiger partial charge in [0.1, 0.15) is 11.8 Å². The number of aliphatic hydroxyl groups excluding tert-OH is 2. The molecular weight excluding hydrogens is 280 g/mol. The number of rotatable bonds is 4. The fourth-order valence-electron chi connectivity index (χ4n) is 4.74. The van der Waals surface area contributed by atoms with Gasteiger partial charge in [-0.2, -0.15) is 0 Å². The lowest BCUT2D eigenvalue weighted by atomic mass is 9.61. The van der Waals surface area contributed by atoms with E-state index in [1.54, 1.807) is 0 Å². The predicted molar refractivity (Wildman–Crippen MR) is 85.2 cm³/mol. The van der Waals surface area contributed by atoms with Crippen LogP contribution in [0.25, 0.3) is 0 Å². The molecule has 1 saturated carbocycles. The fraction of sp³-hybridized carbons (Fsp3) is 1.00. The van der Waals surface area contributed by atoms with E-state index in [1.807, 2.05) is 6.92 Å². The molecule has 0 amide bonds. The standard InChI is InChI=1S/C17H32N2O3/c1-11-9-13-6-7-17(13,22-16(11)18)15(21)10-19-8-4-3-5-14(19)12(2)20/h11-16,20-21H,3-10,18H2,1-2H3/t11-,12?,13+,14-,15?,16+,17+/m0/s1. The van der Waals surface area contributed by atoms with Crippen molar-refractivity contribution in [2.45, 2.75) is 82.5 Å². The Morgan fingerprint density at radius 2 is 2.09 bits per heavy atom. The summed E-state index contributed by atoms with van der Waals surface area (Å²) in [6.07, 6.45) is 5.29. The molecule has 0 aromatic carbocycles. The molecule has 22 heavy (non-hydrogen) atoms. The molecule has 0 bridgehead atoms. The van der Waals surface area contributed by atoms with Crippen LogP contribution < -0.4 is 5.73 Å². The van der Waals surface area contributed by atoms with Gasteiger partial charge in [-0.25, -0.2) is 0 Å². The minimum Gasteiger partial charge on any atom is -0.392 e. The van der Waals surface area contributed by atoms with Gasteiger partial charge in [0.2, 0.25) is 0 Å². The summed E-state index contributed by atoms with van der Waals surface area (Å²) in [5.41, 5.74) is 5.67. The molecule has 0 aromatic rings. The number of hydrogen-bond donors (Lipinski definition) is 3. The summed E-state index contributed by atoms with van der Waals surface area (Å²) in [5, 5.41) is 20.9. The largest absolute Gasteiger partial charge is 0.392 e. The summed E-state index contributed by atoms with van der Waals surface area (Å²) in [5.74, 6) is 0.804. The molecule has 2 unspecified atom stereocenters. The quantitative estimate of drug-likeness (QED) is 0.724. The van der Waals surface area contributed by atoms with Gasteiger partial charge in [-0.05, 0) is 57.4 Å². The maximum Gasteiger partial charge on any atom is 0.109 e. The lowest BCUT2D eigenvalue weighted by molar-refractivity contribution is -0.271. The van der Waals surface area contributed by atoms with Gasteiger partial charge in [0.15, 0.2) is 0 Å². The van der Waals surface area contributed by atoms with Gasteiger partial charge in [0, 0.05) is 12.6 Å². The highest BCUT2D eigenvalue weighted by molar-refractivity contribution is 5.07. The van der Waals surface area contributed by atoms with Crippen LogP contribution in [0, 0.1) is 11.8 Å². The molecule has 3 aliphatic rings. The molecule has 2 aliphatic heterocycles. The zero-order valence-electron chi connectivity index (χ0n) is 13.9. The van der Waals surface area contributed by atoms with E-state index in [-0.39, 0.29) is 18.4 Å². The predicted octanol–water partition coefficient (Wildman–Crippen LogP) is 1.07. The number of fused-ring (bicyclic) bond motifs is 1. The monoisotopic (exact) mass is 312 g/mol. The number of ether oxygens (including phenoxy) is 1. The molecule has 0 aromatic heterocycles. The topological polar surface area (TPSA) is 79.0 Å². The van der Waals surface area contributed by atoms with Gasteiger partial charge in [-0.1, -0.05) is 13.3 Å². The third-order valence-electron chi connectivity index (χ3n) is 6.34. The molecule has 3 rings (SSSR count). The number of piperidine rings is 1. The number of likely N-dealkylation sites (tertiary alicyclic amines) is 1. The van der Waals surface area contributed by atoms with Crippen molar-refractivity contribution in [2.75, 3.05) is 13.1 Å². The lowest BCUT2D eigenvalue weighted by Gasteiger charge is -2.58. The van der Waals surface area contributed by atoms with Crippen molar-refractivity contribution in [1.82, 2.24) is 4.90 Å². The van der Waals surface area contributed by atoms with Crippen molar-refractivity contribution in [3.8, 4) is 0 Å². The van der Waals surface area contributed by atoms with Crippen molar-refractivity contribution in [2.24, 2.45) is 17.6 Å². The number of hydrogen-bond acceptors (Lipinski definition) is 5. The van der Waals surface area contributed by atoms with Gasteiger partial charge < -0.3 is 20.7 Å². The second-order valence-electron chi connectivity index (χ2n) is 7.80. The molecular formula is C17H32N2O3. The van der Waals surface area contributed by atoms with Crippen LogP contribution in [-0.2, 0) is 4.74 Å². The Morgan fingerprint density at radius 1 is 1.32 bits per heavy atom. The maximum atomic E-state index is 10.9. The first-order valence-corrected chi connectivity index (χ1v) is 8.97. The van der Waals surface area contributed by atoms with Crippen LogP contribution in [0.15, 0.2) is 0 Å². The van der Waals surface area contributed by atoms with E-state index in [1.165, 1.54) is 0 Å². The van der Waals surface area contributed by atoms with Crippen LogP contribution in [-0.4, -0.2) is 58.3 Å². The van der Waals surface area contributed by atoms with Crippen molar-refractivity contribution < 1.29 is 14.9 Å². The van der Waals surface area contributed by atoms with E-state index in [0.717, 1.165) is 45.1 Å². The highest BCUT2D eigenvalue weighted by Crippen LogP contribution is 2.52. The Morgan fingerprint density at radius 3 is 2.73 bits per heavy atom. The summed E-state index contributed by atoms with van der Waals surface area (Å²) in [6.45, 7) is 5.53. The molecule has 128 valence electrons. The maximum absolute atomic E-state index is 10.9. The van der Waals surface area contributed by atoms with Gasteiger partial charge in [0.25, 0.3) is 0 Å². The molecule has 5 heteroatoms. The highest BCUT2D eigenvalue weighted by Gasteiger charge is 2.57. The summed E-state index contributed by atoms with van der Waals surface area (Å²) >= 11 is 0. The molecule has 5 nitrogen and oxygen atoms in total. The van der Waals surface area contributed by atoms with Gasteiger partial charge >= 0.3 is 0 Å². The molecule has 2 saturated heterocycles. The van der Waals surface area contributed by atoms with E-state index < -0.39 is 11.7 Å². The van der Waals surface area contributed by atoms with Gasteiger partial charge in [-0.15, -0.1) is 0 Å². The molecule has 7 atom stereocenters. The molecule has 4 N–H and O–H groups in total. The first-order chi connectivity index (χ1) is 10.4. The van der Waals surface area contributed by atoms with Crippen molar-refractivity contribution in [3.63, 3.8) is 0 Å².